The van der Waals surface area contributed by atoms with Crippen LogP contribution in [0.5, 0.6) is 5.75 Å². The zero-order valence-corrected chi connectivity index (χ0v) is 18.0. The number of rotatable bonds is 4. The molecule has 1 aromatic carbocycles. The highest BCUT2D eigenvalue weighted by molar-refractivity contribution is 5.32. The lowest BCUT2D eigenvalue weighted by atomic mass is 9.72. The van der Waals surface area contributed by atoms with Gasteiger partial charge in [0.25, 0.3) is 0 Å². The number of fused-ring (bicyclic) bond motifs is 2. The molecule has 1 aromatic heterocycles. The maximum absolute atomic E-state index is 5.32. The summed E-state index contributed by atoms with van der Waals surface area (Å²) < 4.78 is 7.79. The van der Waals surface area contributed by atoms with Crippen molar-refractivity contribution >= 4 is 0 Å². The predicted octanol–water partition coefficient (Wildman–Crippen LogP) is 3.76. The molecule has 0 unspecified atom stereocenters. The van der Waals surface area contributed by atoms with Crippen LogP contribution in [0.25, 0.3) is 0 Å². The van der Waals surface area contributed by atoms with Crippen molar-refractivity contribution in [3.63, 3.8) is 0 Å². The molecule has 0 bridgehead atoms. The summed E-state index contributed by atoms with van der Waals surface area (Å²) in [6.45, 7) is 12.1. The minimum Gasteiger partial charge on any atom is -0.497 e. The van der Waals surface area contributed by atoms with Crippen LogP contribution in [0.1, 0.15) is 55.5 Å². The number of imidazole rings is 1. The van der Waals surface area contributed by atoms with E-state index in [1.807, 2.05) is 0 Å². The predicted molar refractivity (Wildman–Crippen MR) is 113 cm³/mol. The van der Waals surface area contributed by atoms with E-state index in [0.717, 1.165) is 38.5 Å². The second-order valence-corrected chi connectivity index (χ2v) is 8.99. The Balaban J connectivity index is 1.67. The third-order valence-corrected chi connectivity index (χ3v) is 6.61. The third-order valence-electron chi connectivity index (χ3n) is 6.61. The number of aromatic nitrogens is 2. The monoisotopic (exact) mass is 382 g/mol. The lowest BCUT2D eigenvalue weighted by Gasteiger charge is -2.46. The number of nitrogens with zero attached hydrogens (tertiary/aromatic N) is 4. The van der Waals surface area contributed by atoms with E-state index in [2.05, 4.69) is 66.5 Å². The summed E-state index contributed by atoms with van der Waals surface area (Å²) in [5.74, 6) is 2.09. The highest BCUT2D eigenvalue weighted by atomic mass is 16.5. The van der Waals surface area contributed by atoms with Crippen molar-refractivity contribution in [3.05, 3.63) is 47.0 Å². The molecule has 0 N–H and O–H groups in total. The van der Waals surface area contributed by atoms with Gasteiger partial charge in [-0.2, -0.15) is 0 Å². The zero-order valence-electron chi connectivity index (χ0n) is 18.0. The lowest BCUT2D eigenvalue weighted by molar-refractivity contribution is 0.0996. The summed E-state index contributed by atoms with van der Waals surface area (Å²) in [4.78, 5) is 10.2. The fourth-order valence-electron chi connectivity index (χ4n) is 5.16. The molecular weight excluding hydrogens is 348 g/mol. The Kier molecular flexibility index (Phi) is 5.23. The minimum atomic E-state index is 0.192. The van der Waals surface area contributed by atoms with Gasteiger partial charge in [0.15, 0.2) is 0 Å². The van der Waals surface area contributed by atoms with E-state index >= 15 is 0 Å². The number of likely N-dealkylation sites (tertiary alicyclic amines) is 1. The molecule has 4 rings (SSSR count). The van der Waals surface area contributed by atoms with Gasteiger partial charge in [-0.25, -0.2) is 4.98 Å². The molecule has 0 amide bonds. The highest BCUT2D eigenvalue weighted by Crippen LogP contribution is 2.42. The molecule has 1 saturated heterocycles. The van der Waals surface area contributed by atoms with Crippen LogP contribution in [0, 0.1) is 6.92 Å². The van der Waals surface area contributed by atoms with Crippen molar-refractivity contribution in [2.75, 3.05) is 33.8 Å². The van der Waals surface area contributed by atoms with Gasteiger partial charge in [-0.3, -0.25) is 4.90 Å². The molecule has 28 heavy (non-hydrogen) atoms. The first-order chi connectivity index (χ1) is 13.4. The van der Waals surface area contributed by atoms with Gasteiger partial charge in [-0.05, 0) is 71.4 Å². The first kappa shape index (κ1) is 19.5. The molecular formula is C23H34N4O. The minimum absolute atomic E-state index is 0.192. The molecule has 2 aliphatic rings. The van der Waals surface area contributed by atoms with Gasteiger partial charge in [0.05, 0.1) is 18.5 Å². The number of methoxy groups -OCH3 is 1. The van der Waals surface area contributed by atoms with Crippen LogP contribution in [0.2, 0.25) is 0 Å². The van der Waals surface area contributed by atoms with Crippen LogP contribution in [0.4, 0.5) is 0 Å². The SMILES string of the molecule is COc1ccc(CN2Cc3c(nc(C)n3C(C)C)C3(CCN(C)CC3)C2)cc1. The third kappa shape index (κ3) is 3.46. The Bertz CT molecular complexity index is 816. The van der Waals surface area contributed by atoms with E-state index in [1.54, 1.807) is 7.11 Å². The van der Waals surface area contributed by atoms with Gasteiger partial charge in [0.1, 0.15) is 11.6 Å². The van der Waals surface area contributed by atoms with Crippen LogP contribution < -0.4 is 4.74 Å². The molecule has 0 radical (unpaired) electrons. The highest BCUT2D eigenvalue weighted by Gasteiger charge is 2.44. The molecule has 2 aliphatic heterocycles. The van der Waals surface area contributed by atoms with Gasteiger partial charge in [-0.15, -0.1) is 0 Å². The van der Waals surface area contributed by atoms with Crippen molar-refractivity contribution in [1.29, 1.82) is 0 Å². The average molecular weight is 383 g/mol. The standard InChI is InChI=1S/C23H34N4O/c1-17(2)27-18(3)24-22-21(27)15-26(14-19-6-8-20(28-5)9-7-19)16-23(22)10-12-25(4)13-11-23/h6-9,17H,10-16H2,1-5H3. The number of hydrogen-bond acceptors (Lipinski definition) is 4. The maximum Gasteiger partial charge on any atom is 0.118 e. The first-order valence-corrected chi connectivity index (χ1v) is 10.5. The van der Waals surface area contributed by atoms with E-state index in [1.165, 1.54) is 35.6 Å². The van der Waals surface area contributed by atoms with E-state index in [-0.39, 0.29) is 5.41 Å². The van der Waals surface area contributed by atoms with E-state index < -0.39 is 0 Å². The molecule has 0 aliphatic carbocycles. The second kappa shape index (κ2) is 7.53. The van der Waals surface area contributed by atoms with Crippen LogP contribution in [-0.4, -0.2) is 53.1 Å². The summed E-state index contributed by atoms with van der Waals surface area (Å²) >= 11 is 0. The summed E-state index contributed by atoms with van der Waals surface area (Å²) in [6.07, 6.45) is 2.40. The molecule has 1 spiro atoms. The van der Waals surface area contributed by atoms with Crippen molar-refractivity contribution in [3.8, 4) is 5.75 Å². The zero-order chi connectivity index (χ0) is 19.9. The summed E-state index contributed by atoms with van der Waals surface area (Å²) in [5, 5.41) is 0. The van der Waals surface area contributed by atoms with E-state index in [4.69, 9.17) is 9.72 Å². The molecule has 152 valence electrons. The molecule has 0 atom stereocenters. The quantitative estimate of drug-likeness (QED) is 0.806. The Morgan fingerprint density at radius 2 is 1.82 bits per heavy atom. The van der Waals surface area contributed by atoms with Crippen molar-refractivity contribution < 1.29 is 4.74 Å². The number of piperidine rings is 1. The number of aryl methyl sites for hydroxylation is 1. The smallest absolute Gasteiger partial charge is 0.118 e. The van der Waals surface area contributed by atoms with Gasteiger partial charge in [0, 0.05) is 31.1 Å². The topological polar surface area (TPSA) is 33.5 Å². The van der Waals surface area contributed by atoms with E-state index in [0.29, 0.717) is 6.04 Å². The number of benzene rings is 1. The molecule has 5 nitrogen and oxygen atoms in total. The number of hydrogen-bond donors (Lipinski definition) is 0. The van der Waals surface area contributed by atoms with E-state index in [9.17, 15) is 0 Å². The Morgan fingerprint density at radius 3 is 2.43 bits per heavy atom. The molecule has 0 saturated carbocycles. The van der Waals surface area contributed by atoms with Crippen LogP contribution >= 0.6 is 0 Å². The molecule has 2 aromatic rings. The second-order valence-electron chi connectivity index (χ2n) is 8.99. The molecule has 1 fully saturated rings. The summed E-state index contributed by atoms with van der Waals surface area (Å²) in [6, 6.07) is 8.97. The fourth-order valence-corrected chi connectivity index (χ4v) is 5.16. The number of ether oxygens (including phenoxy) is 1. The Labute approximate surface area is 169 Å². The maximum atomic E-state index is 5.32. The van der Waals surface area contributed by atoms with Gasteiger partial charge in [-0.1, -0.05) is 12.1 Å². The Morgan fingerprint density at radius 1 is 1.14 bits per heavy atom. The Hall–Kier alpha value is -1.85. The largest absolute Gasteiger partial charge is 0.497 e. The first-order valence-electron chi connectivity index (χ1n) is 10.5. The van der Waals surface area contributed by atoms with Crippen LogP contribution in [-0.2, 0) is 18.5 Å². The molecule has 5 heteroatoms. The van der Waals surface area contributed by atoms with Crippen molar-refractivity contribution in [2.24, 2.45) is 0 Å². The summed E-state index contributed by atoms with van der Waals surface area (Å²) in [7, 11) is 3.96. The lowest BCUT2D eigenvalue weighted by Crippen LogP contribution is -2.51. The van der Waals surface area contributed by atoms with Gasteiger partial charge in [0.2, 0.25) is 0 Å². The van der Waals surface area contributed by atoms with Gasteiger partial charge < -0.3 is 14.2 Å². The fraction of sp³-hybridized carbons (Fsp3) is 0.609. The normalized spacial score (nSPS) is 19.9. The van der Waals surface area contributed by atoms with Gasteiger partial charge >= 0.3 is 0 Å². The van der Waals surface area contributed by atoms with Crippen LogP contribution in [0.3, 0.4) is 0 Å². The summed E-state index contributed by atoms with van der Waals surface area (Å²) in [5.41, 5.74) is 4.37. The van der Waals surface area contributed by atoms with Crippen LogP contribution in [0.15, 0.2) is 24.3 Å². The molecule has 3 heterocycles. The average Bonchev–Trinajstić information content (AvgIpc) is 3.02. The van der Waals surface area contributed by atoms with Crippen molar-refractivity contribution in [1.82, 2.24) is 19.4 Å². The van der Waals surface area contributed by atoms with Crippen molar-refractivity contribution in [2.45, 2.75) is 58.2 Å².